The Balaban J connectivity index is 2.50. The van der Waals surface area contributed by atoms with Crippen LogP contribution in [0.4, 0.5) is 9.18 Å². The molecule has 188 valence electrons. The Kier molecular flexibility index (Phi) is 8.76. The van der Waals surface area contributed by atoms with Crippen molar-refractivity contribution in [2.75, 3.05) is 13.3 Å². The molecule has 1 aromatic carbocycles. The highest BCUT2D eigenvalue weighted by Gasteiger charge is 2.38. The molecular formula is C24H35FN2O5SSi. The quantitative estimate of drug-likeness (QED) is 0.276. The first kappa shape index (κ1) is 28.1. The van der Waals surface area contributed by atoms with Gasteiger partial charge in [0.1, 0.15) is 23.7 Å². The number of hydrogen-bond donors (Lipinski definition) is 1. The number of carboxylic acids is 1. The number of nitrogens with zero attached hydrogens (tertiary/aromatic N) is 2. The lowest BCUT2D eigenvalue weighted by atomic mass is 9.90. The fraction of sp³-hybridized carbons (Fsp3) is 0.542. The zero-order valence-electron chi connectivity index (χ0n) is 21.2. The molecule has 1 amide bonds. The Hall–Kier alpha value is -2.17. The second-order valence-corrected chi connectivity index (χ2v) is 17.3. The maximum atomic E-state index is 15.1. The fourth-order valence-electron chi connectivity index (χ4n) is 3.07. The van der Waals surface area contributed by atoms with E-state index in [-0.39, 0.29) is 22.4 Å². The molecule has 10 heteroatoms. The third-order valence-electron chi connectivity index (χ3n) is 4.95. The summed E-state index contributed by atoms with van der Waals surface area (Å²) in [6, 6.07) is 5.78. The SMILES string of the molecule is Cc1cccc(C2(C)C=C(C(=O)O)SC(N(COCC[Si](C)(C)C)C(=O)OC(C)(C)C)=N2)c1F. The van der Waals surface area contributed by atoms with E-state index < -0.39 is 37.1 Å². The van der Waals surface area contributed by atoms with Gasteiger partial charge >= 0.3 is 12.1 Å². The van der Waals surface area contributed by atoms with E-state index in [0.717, 1.165) is 17.8 Å². The molecule has 1 aliphatic heterocycles. The van der Waals surface area contributed by atoms with Crippen molar-refractivity contribution in [1.82, 2.24) is 4.90 Å². The first-order chi connectivity index (χ1) is 15.5. The molecule has 0 saturated heterocycles. The van der Waals surface area contributed by atoms with Crippen molar-refractivity contribution in [2.45, 2.75) is 71.4 Å². The minimum Gasteiger partial charge on any atom is -0.477 e. The second kappa shape index (κ2) is 10.6. The number of thioether (sulfide) groups is 1. The average molecular weight is 511 g/mol. The molecule has 0 spiro atoms. The van der Waals surface area contributed by atoms with Crippen molar-refractivity contribution >= 4 is 37.1 Å². The number of amidine groups is 1. The minimum absolute atomic E-state index is 0.0657. The van der Waals surface area contributed by atoms with Crippen LogP contribution in [0.25, 0.3) is 0 Å². The van der Waals surface area contributed by atoms with Gasteiger partial charge in [-0.25, -0.2) is 23.9 Å². The number of carboxylic acid groups (broad SMARTS) is 1. The first-order valence-electron chi connectivity index (χ1n) is 11.1. The maximum absolute atomic E-state index is 15.1. The third kappa shape index (κ3) is 7.68. The van der Waals surface area contributed by atoms with Crippen LogP contribution in [0, 0.1) is 12.7 Å². The summed E-state index contributed by atoms with van der Waals surface area (Å²) < 4.78 is 26.4. The van der Waals surface area contributed by atoms with Crippen LogP contribution >= 0.6 is 11.8 Å². The molecule has 0 saturated carbocycles. The molecular weight excluding hydrogens is 475 g/mol. The van der Waals surface area contributed by atoms with Gasteiger partial charge in [0.2, 0.25) is 0 Å². The smallest absolute Gasteiger partial charge is 0.418 e. The van der Waals surface area contributed by atoms with E-state index >= 15 is 4.39 Å². The molecule has 2 rings (SSSR count). The minimum atomic E-state index is -1.36. The molecule has 7 nitrogen and oxygen atoms in total. The van der Waals surface area contributed by atoms with E-state index in [4.69, 9.17) is 9.47 Å². The van der Waals surface area contributed by atoms with E-state index in [1.54, 1.807) is 52.8 Å². The van der Waals surface area contributed by atoms with Gasteiger partial charge in [-0.15, -0.1) is 0 Å². The van der Waals surface area contributed by atoms with Crippen molar-refractivity contribution in [2.24, 2.45) is 4.99 Å². The molecule has 1 atom stereocenters. The predicted octanol–water partition coefficient (Wildman–Crippen LogP) is 5.97. The predicted molar refractivity (Wildman–Crippen MR) is 136 cm³/mol. The number of ether oxygens (including phenoxy) is 2. The lowest BCUT2D eigenvalue weighted by molar-refractivity contribution is -0.131. The van der Waals surface area contributed by atoms with Gasteiger partial charge in [0.25, 0.3) is 0 Å². The van der Waals surface area contributed by atoms with E-state index in [1.807, 2.05) is 0 Å². The summed E-state index contributed by atoms with van der Waals surface area (Å²) in [5.41, 5.74) is -1.50. The fourth-order valence-corrected chi connectivity index (χ4v) is 4.87. The number of aliphatic imine (C=N–C) groups is 1. The molecule has 0 radical (unpaired) electrons. The maximum Gasteiger partial charge on any atom is 0.418 e. The number of carbonyl (C=O) groups excluding carboxylic acids is 1. The molecule has 1 unspecified atom stereocenters. The summed E-state index contributed by atoms with van der Waals surface area (Å²) in [4.78, 5) is 30.8. The second-order valence-electron chi connectivity index (χ2n) is 10.7. The van der Waals surface area contributed by atoms with Crippen molar-refractivity contribution < 1.29 is 28.6 Å². The molecule has 0 aromatic heterocycles. The number of rotatable bonds is 7. The van der Waals surface area contributed by atoms with E-state index in [0.29, 0.717) is 12.2 Å². The van der Waals surface area contributed by atoms with Crippen LogP contribution in [0.5, 0.6) is 0 Å². The van der Waals surface area contributed by atoms with Gasteiger partial charge in [-0.05, 0) is 64.1 Å². The number of aryl methyl sites for hydroxylation is 1. The van der Waals surface area contributed by atoms with Crippen LogP contribution in [-0.2, 0) is 19.8 Å². The number of amides is 1. The highest BCUT2D eigenvalue weighted by molar-refractivity contribution is 8.17. The van der Waals surface area contributed by atoms with Crippen LogP contribution < -0.4 is 0 Å². The number of halogens is 1. The standard InChI is InChI=1S/C24H35FN2O5SSi/c1-16-10-9-11-17(19(16)25)24(5)14-18(20(28)29)33-21(26-24)27(22(30)32-23(2,3)4)15-31-12-13-34(6,7)8/h9-11,14H,12-13,15H2,1-8H3,(H,28,29). The highest BCUT2D eigenvalue weighted by Crippen LogP contribution is 2.40. The van der Waals surface area contributed by atoms with Crippen molar-refractivity contribution in [1.29, 1.82) is 0 Å². The Morgan fingerprint density at radius 3 is 2.47 bits per heavy atom. The Bertz CT molecular complexity index is 1000. The summed E-state index contributed by atoms with van der Waals surface area (Å²) in [6.45, 7) is 15.4. The van der Waals surface area contributed by atoms with Crippen LogP contribution in [0.2, 0.25) is 25.7 Å². The van der Waals surface area contributed by atoms with Gasteiger partial charge in [0.15, 0.2) is 5.17 Å². The lowest BCUT2D eigenvalue weighted by Crippen LogP contribution is -2.43. The van der Waals surface area contributed by atoms with Gasteiger partial charge in [-0.3, -0.25) is 0 Å². The normalized spacial score (nSPS) is 18.7. The Labute approximate surface area is 206 Å². The molecule has 0 aliphatic carbocycles. The zero-order chi connectivity index (χ0) is 25.9. The summed E-state index contributed by atoms with van der Waals surface area (Å²) in [5, 5.41) is 9.84. The van der Waals surface area contributed by atoms with E-state index in [1.165, 1.54) is 11.0 Å². The number of aliphatic carboxylic acids is 1. The summed E-state index contributed by atoms with van der Waals surface area (Å²) in [7, 11) is -1.36. The van der Waals surface area contributed by atoms with Crippen LogP contribution in [0.3, 0.4) is 0 Å². The van der Waals surface area contributed by atoms with Gasteiger partial charge in [-0.2, -0.15) is 0 Å². The molecule has 34 heavy (non-hydrogen) atoms. The molecule has 1 aromatic rings. The van der Waals surface area contributed by atoms with E-state index in [9.17, 15) is 14.7 Å². The van der Waals surface area contributed by atoms with Gasteiger partial charge < -0.3 is 14.6 Å². The monoisotopic (exact) mass is 510 g/mol. The molecule has 0 bridgehead atoms. The van der Waals surface area contributed by atoms with Crippen molar-refractivity contribution in [3.8, 4) is 0 Å². The van der Waals surface area contributed by atoms with Gasteiger partial charge in [0, 0.05) is 20.2 Å². The number of benzene rings is 1. The number of hydrogen-bond acceptors (Lipinski definition) is 6. The van der Waals surface area contributed by atoms with Gasteiger partial charge in [-0.1, -0.05) is 37.8 Å². The van der Waals surface area contributed by atoms with Crippen molar-refractivity contribution in [3.05, 3.63) is 46.1 Å². The van der Waals surface area contributed by atoms with E-state index in [2.05, 4.69) is 24.6 Å². The van der Waals surface area contributed by atoms with Crippen LogP contribution in [0.15, 0.2) is 34.2 Å². The molecule has 0 fully saturated rings. The third-order valence-corrected chi connectivity index (χ3v) is 7.66. The molecule has 1 heterocycles. The topological polar surface area (TPSA) is 88.4 Å². The summed E-state index contributed by atoms with van der Waals surface area (Å²) >= 11 is 0.816. The lowest BCUT2D eigenvalue weighted by Gasteiger charge is -2.33. The molecule has 1 aliphatic rings. The Morgan fingerprint density at radius 1 is 1.26 bits per heavy atom. The summed E-state index contributed by atoms with van der Waals surface area (Å²) in [5.74, 6) is -1.67. The average Bonchev–Trinajstić information content (AvgIpc) is 2.67. The van der Waals surface area contributed by atoms with Crippen LogP contribution in [-0.4, -0.2) is 54.2 Å². The van der Waals surface area contributed by atoms with Crippen LogP contribution in [0.1, 0.15) is 38.8 Å². The Morgan fingerprint density at radius 2 is 1.91 bits per heavy atom. The van der Waals surface area contributed by atoms with Crippen molar-refractivity contribution in [3.63, 3.8) is 0 Å². The number of carbonyl (C=O) groups is 2. The largest absolute Gasteiger partial charge is 0.477 e. The van der Waals surface area contributed by atoms with Gasteiger partial charge in [0.05, 0.1) is 4.91 Å². The summed E-state index contributed by atoms with van der Waals surface area (Å²) in [6.07, 6.45) is 0.686. The molecule has 1 N–H and O–H groups in total. The zero-order valence-corrected chi connectivity index (χ0v) is 23.0. The first-order valence-corrected chi connectivity index (χ1v) is 15.6. The highest BCUT2D eigenvalue weighted by atomic mass is 32.2.